The molecule has 0 aromatic carbocycles. The summed E-state index contributed by atoms with van der Waals surface area (Å²) in [4.78, 5) is 13.5. The van der Waals surface area contributed by atoms with E-state index in [4.69, 9.17) is 4.74 Å². The average Bonchev–Trinajstić information content (AvgIpc) is 2.06. The number of halogens is 1. The topological polar surface area (TPSA) is 32.8 Å². The lowest BCUT2D eigenvalue weighted by molar-refractivity contribution is 0.0162. The van der Waals surface area contributed by atoms with Gasteiger partial charge < -0.3 is 9.64 Å². The lowest BCUT2D eigenvalue weighted by Crippen LogP contribution is -2.51. The Hall–Kier alpha value is -0.0400. The highest BCUT2D eigenvalue weighted by molar-refractivity contribution is 14.1. The number of carbonyl (C=O) groups excluding carboxylic acids is 1. The van der Waals surface area contributed by atoms with Crippen LogP contribution in [0.1, 0.15) is 27.7 Å². The summed E-state index contributed by atoms with van der Waals surface area (Å²) in [6, 6.07) is 0.395. The van der Waals surface area contributed by atoms with Gasteiger partial charge in [-0.05, 0) is 27.7 Å². The van der Waals surface area contributed by atoms with E-state index >= 15 is 0 Å². The molecule has 1 aliphatic rings. The van der Waals surface area contributed by atoms with E-state index in [1.807, 2.05) is 20.8 Å². The molecular weight excluding hydrogens is 307 g/mol. The van der Waals surface area contributed by atoms with Crippen molar-refractivity contribution in [3.8, 4) is 0 Å². The fraction of sp³-hybridized carbons (Fsp3) is 0.900. The van der Waals surface area contributed by atoms with Crippen molar-refractivity contribution >= 4 is 29.0 Å². The second-order valence-corrected chi connectivity index (χ2v) is 6.14. The van der Waals surface area contributed by atoms with Crippen molar-refractivity contribution in [2.45, 2.75) is 39.3 Å². The lowest BCUT2D eigenvalue weighted by Gasteiger charge is -2.36. The summed E-state index contributed by atoms with van der Waals surface area (Å²) in [5.74, 6) is 0. The summed E-state index contributed by atoms with van der Waals surface area (Å²) < 4.78 is 7.55. The quantitative estimate of drug-likeness (QED) is 0.506. The Morgan fingerprint density at radius 3 is 2.47 bits per heavy atom. The summed E-state index contributed by atoms with van der Waals surface area (Å²) in [6.45, 7) is 10.2. The van der Waals surface area contributed by atoms with Crippen LogP contribution in [0.2, 0.25) is 0 Å². The van der Waals surface area contributed by atoms with Gasteiger partial charge in [0.25, 0.3) is 0 Å². The Morgan fingerprint density at radius 2 is 2.00 bits per heavy atom. The first-order valence-electron chi connectivity index (χ1n) is 5.20. The van der Waals surface area contributed by atoms with Crippen LogP contribution >= 0.6 is 22.9 Å². The maximum Gasteiger partial charge on any atom is 0.410 e. The van der Waals surface area contributed by atoms with Gasteiger partial charge in [0.2, 0.25) is 0 Å². The van der Waals surface area contributed by atoms with Crippen molar-refractivity contribution in [2.24, 2.45) is 0 Å². The molecule has 0 N–H and O–H groups in total. The molecule has 0 aromatic heterocycles. The third-order valence-corrected chi connectivity index (χ3v) is 3.63. The predicted molar refractivity (Wildman–Crippen MR) is 68.0 cm³/mol. The molecule has 1 fully saturated rings. The van der Waals surface area contributed by atoms with Gasteiger partial charge in [0.15, 0.2) is 0 Å². The van der Waals surface area contributed by atoms with E-state index < -0.39 is 5.60 Å². The zero-order valence-corrected chi connectivity index (χ0v) is 11.9. The van der Waals surface area contributed by atoms with E-state index in [9.17, 15) is 4.79 Å². The number of hydrogen-bond acceptors (Lipinski definition) is 3. The van der Waals surface area contributed by atoms with E-state index in [0.717, 1.165) is 19.6 Å². The second kappa shape index (κ2) is 4.86. The molecular formula is C10H19IN2O2. The molecule has 1 atom stereocenters. The van der Waals surface area contributed by atoms with Gasteiger partial charge in [0.1, 0.15) is 5.60 Å². The molecule has 1 unspecified atom stereocenters. The average molecular weight is 326 g/mol. The normalized spacial score (nSPS) is 24.1. The minimum Gasteiger partial charge on any atom is -0.444 e. The number of nitrogens with zero attached hydrogens (tertiary/aromatic N) is 2. The third-order valence-electron chi connectivity index (χ3n) is 2.20. The van der Waals surface area contributed by atoms with Gasteiger partial charge >= 0.3 is 6.09 Å². The van der Waals surface area contributed by atoms with E-state index in [2.05, 4.69) is 32.9 Å². The van der Waals surface area contributed by atoms with Gasteiger partial charge in [0.05, 0.1) is 0 Å². The van der Waals surface area contributed by atoms with Crippen LogP contribution < -0.4 is 0 Å². The second-order valence-electron chi connectivity index (χ2n) is 4.90. The fourth-order valence-electron chi connectivity index (χ4n) is 1.43. The van der Waals surface area contributed by atoms with E-state index in [-0.39, 0.29) is 6.09 Å². The van der Waals surface area contributed by atoms with Crippen LogP contribution in [0.3, 0.4) is 0 Å². The minimum absolute atomic E-state index is 0.196. The molecule has 4 nitrogen and oxygen atoms in total. The Kier molecular flexibility index (Phi) is 4.22. The summed E-state index contributed by atoms with van der Waals surface area (Å²) in [7, 11) is 0. The Labute approximate surface area is 105 Å². The first-order chi connectivity index (χ1) is 6.79. The molecule has 1 aliphatic heterocycles. The monoisotopic (exact) mass is 326 g/mol. The molecule has 0 saturated carbocycles. The van der Waals surface area contributed by atoms with Gasteiger partial charge in [-0.1, -0.05) is 0 Å². The minimum atomic E-state index is -0.401. The standard InChI is InChI=1S/C10H19IN2O2/c1-8-7-12(5-6-13(8)11)9(14)15-10(2,3)4/h8H,5-7H2,1-4H3. The predicted octanol–water partition coefficient (Wildman–Crippen LogP) is 2.28. The van der Waals surface area contributed by atoms with Crippen LogP contribution in [-0.4, -0.2) is 45.4 Å². The van der Waals surface area contributed by atoms with E-state index in [1.165, 1.54) is 0 Å². The molecule has 0 aliphatic carbocycles. The van der Waals surface area contributed by atoms with Gasteiger partial charge in [-0.3, -0.25) is 0 Å². The fourth-order valence-corrected chi connectivity index (χ4v) is 1.82. The van der Waals surface area contributed by atoms with E-state index in [1.54, 1.807) is 4.90 Å². The molecule has 0 spiro atoms. The van der Waals surface area contributed by atoms with Gasteiger partial charge in [0, 0.05) is 48.5 Å². The van der Waals surface area contributed by atoms with Crippen LogP contribution in [0.25, 0.3) is 0 Å². The van der Waals surface area contributed by atoms with Crippen LogP contribution in [0.15, 0.2) is 0 Å². The smallest absolute Gasteiger partial charge is 0.410 e. The molecule has 0 aromatic rings. The molecule has 0 radical (unpaired) electrons. The van der Waals surface area contributed by atoms with Crippen LogP contribution in [0.5, 0.6) is 0 Å². The molecule has 1 heterocycles. The molecule has 1 rings (SSSR count). The zero-order chi connectivity index (χ0) is 11.6. The summed E-state index contributed by atoms with van der Waals surface area (Å²) >= 11 is 2.30. The Balaban J connectivity index is 2.48. The van der Waals surface area contributed by atoms with E-state index in [0.29, 0.717) is 6.04 Å². The van der Waals surface area contributed by atoms with Crippen LogP contribution in [0.4, 0.5) is 4.79 Å². The Morgan fingerprint density at radius 1 is 1.40 bits per heavy atom. The highest BCUT2D eigenvalue weighted by Gasteiger charge is 2.28. The van der Waals surface area contributed by atoms with Crippen molar-refractivity contribution in [3.63, 3.8) is 0 Å². The molecule has 88 valence electrons. The molecule has 0 bridgehead atoms. The Bertz CT molecular complexity index is 240. The molecule has 1 amide bonds. The number of carbonyl (C=O) groups is 1. The van der Waals surface area contributed by atoms with Crippen LogP contribution in [0, 0.1) is 0 Å². The number of hydrogen-bond donors (Lipinski definition) is 0. The van der Waals surface area contributed by atoms with Crippen molar-refractivity contribution in [1.82, 2.24) is 8.01 Å². The SMILES string of the molecule is CC1CN(C(=O)OC(C)(C)C)CCN1I. The largest absolute Gasteiger partial charge is 0.444 e. The zero-order valence-electron chi connectivity index (χ0n) is 9.79. The van der Waals surface area contributed by atoms with Crippen LogP contribution in [-0.2, 0) is 4.74 Å². The first kappa shape index (κ1) is 13.0. The number of amides is 1. The highest BCUT2D eigenvalue weighted by Crippen LogP contribution is 2.16. The summed E-state index contributed by atoms with van der Waals surface area (Å²) in [5, 5.41) is 0. The summed E-state index contributed by atoms with van der Waals surface area (Å²) in [6.07, 6.45) is -0.196. The van der Waals surface area contributed by atoms with Crippen molar-refractivity contribution in [3.05, 3.63) is 0 Å². The van der Waals surface area contributed by atoms with Gasteiger partial charge in [-0.15, -0.1) is 0 Å². The number of ether oxygens (including phenoxy) is 1. The van der Waals surface area contributed by atoms with Crippen molar-refractivity contribution in [1.29, 1.82) is 0 Å². The van der Waals surface area contributed by atoms with Crippen molar-refractivity contribution < 1.29 is 9.53 Å². The maximum absolute atomic E-state index is 11.7. The summed E-state index contributed by atoms with van der Waals surface area (Å²) in [5.41, 5.74) is -0.401. The lowest BCUT2D eigenvalue weighted by atomic mass is 10.2. The van der Waals surface area contributed by atoms with Gasteiger partial charge in [-0.2, -0.15) is 0 Å². The molecule has 15 heavy (non-hydrogen) atoms. The number of piperazine rings is 1. The third kappa shape index (κ3) is 4.14. The first-order valence-corrected chi connectivity index (χ1v) is 6.16. The molecule has 1 saturated heterocycles. The maximum atomic E-state index is 11.7. The number of rotatable bonds is 0. The van der Waals surface area contributed by atoms with Crippen molar-refractivity contribution in [2.75, 3.05) is 19.6 Å². The van der Waals surface area contributed by atoms with Gasteiger partial charge in [-0.25, -0.2) is 7.91 Å². The molecule has 5 heteroatoms. The highest BCUT2D eigenvalue weighted by atomic mass is 127.